The van der Waals surface area contributed by atoms with Crippen LogP contribution in [0, 0.1) is 0 Å². The maximum atomic E-state index is 11.2. The van der Waals surface area contributed by atoms with E-state index in [1.807, 2.05) is 30.3 Å². The van der Waals surface area contributed by atoms with Gasteiger partial charge in [-0.1, -0.05) is 30.3 Å². The number of alkyl carbamates (subject to hydrolysis) is 1. The van der Waals surface area contributed by atoms with Gasteiger partial charge in [0.1, 0.15) is 6.61 Å². The smallest absolute Gasteiger partial charge is 0.408 e. The Hall–Kier alpha value is -1.84. The van der Waals surface area contributed by atoms with Crippen molar-refractivity contribution in [1.29, 1.82) is 0 Å². The molecule has 1 rings (SSSR count). The minimum Gasteiger partial charge on any atom is -0.445 e. The molecule has 0 radical (unpaired) electrons. The van der Waals surface area contributed by atoms with Crippen molar-refractivity contribution >= 4 is 11.9 Å². The zero-order valence-electron chi connectivity index (χ0n) is 9.40. The number of rotatable bonds is 4. The van der Waals surface area contributed by atoms with Crippen molar-refractivity contribution in [2.45, 2.75) is 26.5 Å². The van der Waals surface area contributed by atoms with E-state index in [-0.39, 0.29) is 12.4 Å². The highest BCUT2D eigenvalue weighted by molar-refractivity contribution is 5.84. The van der Waals surface area contributed by atoms with E-state index in [0.717, 1.165) is 5.56 Å². The summed E-state index contributed by atoms with van der Waals surface area (Å²) in [5, 5.41) is 2.44. The average molecular weight is 221 g/mol. The number of nitrogens with one attached hydrogen (secondary N) is 1. The number of Topliss-reactive ketones (excluding diaryl/α,β-unsaturated/α-hetero) is 1. The SMILES string of the molecule is CC(=O)C(C)NC(=O)OCc1ccccc1. The lowest BCUT2D eigenvalue weighted by molar-refractivity contribution is -0.118. The predicted octanol–water partition coefficient (Wildman–Crippen LogP) is 1.89. The molecule has 4 heteroatoms. The quantitative estimate of drug-likeness (QED) is 0.844. The van der Waals surface area contributed by atoms with Gasteiger partial charge in [0.2, 0.25) is 0 Å². The number of hydrogen-bond donors (Lipinski definition) is 1. The molecule has 0 heterocycles. The standard InChI is InChI=1S/C12H15NO3/c1-9(10(2)14)13-12(15)16-8-11-6-4-3-5-7-11/h3-7,9H,8H2,1-2H3,(H,13,15). The van der Waals surface area contributed by atoms with Gasteiger partial charge in [-0.25, -0.2) is 4.79 Å². The molecule has 1 aromatic rings. The van der Waals surface area contributed by atoms with Crippen LogP contribution in [0.15, 0.2) is 30.3 Å². The molecule has 0 bridgehead atoms. The van der Waals surface area contributed by atoms with Crippen molar-refractivity contribution in [3.05, 3.63) is 35.9 Å². The molecule has 1 amide bonds. The summed E-state index contributed by atoms with van der Waals surface area (Å²) < 4.78 is 4.95. The van der Waals surface area contributed by atoms with Crippen LogP contribution in [-0.2, 0) is 16.1 Å². The van der Waals surface area contributed by atoms with Crippen LogP contribution in [0.1, 0.15) is 19.4 Å². The van der Waals surface area contributed by atoms with Crippen molar-refractivity contribution in [3.8, 4) is 0 Å². The molecule has 0 fully saturated rings. The maximum Gasteiger partial charge on any atom is 0.408 e. The number of hydrogen-bond acceptors (Lipinski definition) is 3. The Morgan fingerprint density at radius 3 is 2.50 bits per heavy atom. The Kier molecular flexibility index (Phi) is 4.51. The third kappa shape index (κ3) is 4.13. The average Bonchev–Trinajstić information content (AvgIpc) is 2.27. The van der Waals surface area contributed by atoms with Crippen LogP contribution in [0.5, 0.6) is 0 Å². The summed E-state index contributed by atoms with van der Waals surface area (Å²) in [6.07, 6.45) is -0.577. The van der Waals surface area contributed by atoms with E-state index in [1.54, 1.807) is 6.92 Å². The summed E-state index contributed by atoms with van der Waals surface area (Å²) in [5.41, 5.74) is 0.910. The van der Waals surface area contributed by atoms with E-state index in [1.165, 1.54) is 6.92 Å². The van der Waals surface area contributed by atoms with E-state index in [2.05, 4.69) is 5.32 Å². The topological polar surface area (TPSA) is 55.4 Å². The lowest BCUT2D eigenvalue weighted by atomic mass is 10.2. The van der Waals surface area contributed by atoms with Crippen LogP contribution >= 0.6 is 0 Å². The number of benzene rings is 1. The first-order valence-electron chi connectivity index (χ1n) is 5.07. The molecule has 1 unspecified atom stereocenters. The Morgan fingerprint density at radius 2 is 1.94 bits per heavy atom. The second-order valence-corrected chi connectivity index (χ2v) is 3.54. The van der Waals surface area contributed by atoms with Gasteiger partial charge >= 0.3 is 6.09 Å². The number of ether oxygens (including phenoxy) is 1. The van der Waals surface area contributed by atoms with Crippen LogP contribution < -0.4 is 5.32 Å². The number of amides is 1. The van der Waals surface area contributed by atoms with Crippen LogP contribution in [0.4, 0.5) is 4.79 Å². The second kappa shape index (κ2) is 5.90. The molecular weight excluding hydrogens is 206 g/mol. The van der Waals surface area contributed by atoms with E-state index < -0.39 is 12.1 Å². The van der Waals surface area contributed by atoms with Gasteiger partial charge in [0, 0.05) is 0 Å². The largest absolute Gasteiger partial charge is 0.445 e. The van der Waals surface area contributed by atoms with Crippen molar-refractivity contribution in [1.82, 2.24) is 5.32 Å². The summed E-state index contributed by atoms with van der Waals surface area (Å²) in [5.74, 6) is -0.100. The molecule has 1 aromatic carbocycles. The molecule has 86 valence electrons. The molecule has 0 aliphatic heterocycles. The molecule has 4 nitrogen and oxygen atoms in total. The third-order valence-electron chi connectivity index (χ3n) is 2.16. The number of carbonyl (C=O) groups is 2. The molecule has 0 spiro atoms. The molecule has 0 aliphatic rings. The fourth-order valence-corrected chi connectivity index (χ4v) is 1.04. The number of carbonyl (C=O) groups excluding carboxylic acids is 2. The Bertz CT molecular complexity index is 362. The van der Waals surface area contributed by atoms with Crippen LogP contribution in [0.2, 0.25) is 0 Å². The molecule has 0 aliphatic carbocycles. The number of ketones is 1. The van der Waals surface area contributed by atoms with Crippen molar-refractivity contribution in [3.63, 3.8) is 0 Å². The first-order chi connectivity index (χ1) is 7.59. The third-order valence-corrected chi connectivity index (χ3v) is 2.16. The predicted molar refractivity (Wildman–Crippen MR) is 59.9 cm³/mol. The van der Waals surface area contributed by atoms with Gasteiger partial charge < -0.3 is 10.1 Å². The van der Waals surface area contributed by atoms with Crippen molar-refractivity contribution in [2.75, 3.05) is 0 Å². The summed E-state index contributed by atoms with van der Waals surface area (Å²) in [4.78, 5) is 22.1. The zero-order chi connectivity index (χ0) is 12.0. The Labute approximate surface area is 94.6 Å². The summed E-state index contributed by atoms with van der Waals surface area (Å²) in [6, 6.07) is 8.84. The lowest BCUT2D eigenvalue weighted by Crippen LogP contribution is -2.37. The Balaban J connectivity index is 2.33. The van der Waals surface area contributed by atoms with Crippen molar-refractivity contribution < 1.29 is 14.3 Å². The van der Waals surface area contributed by atoms with Gasteiger partial charge in [-0.05, 0) is 19.4 Å². The monoisotopic (exact) mass is 221 g/mol. The molecule has 1 N–H and O–H groups in total. The fraction of sp³-hybridized carbons (Fsp3) is 0.333. The van der Waals surface area contributed by atoms with Crippen LogP contribution in [0.3, 0.4) is 0 Å². The molecule has 0 aromatic heterocycles. The van der Waals surface area contributed by atoms with Crippen molar-refractivity contribution in [2.24, 2.45) is 0 Å². The first-order valence-corrected chi connectivity index (χ1v) is 5.07. The Morgan fingerprint density at radius 1 is 1.31 bits per heavy atom. The summed E-state index contributed by atoms with van der Waals surface area (Å²) >= 11 is 0. The van der Waals surface area contributed by atoms with Gasteiger partial charge in [0.25, 0.3) is 0 Å². The fourth-order valence-electron chi connectivity index (χ4n) is 1.04. The molecule has 0 saturated carbocycles. The second-order valence-electron chi connectivity index (χ2n) is 3.54. The van der Waals surface area contributed by atoms with E-state index in [4.69, 9.17) is 4.74 Å². The molecule has 16 heavy (non-hydrogen) atoms. The van der Waals surface area contributed by atoms with E-state index in [0.29, 0.717) is 0 Å². The van der Waals surface area contributed by atoms with Gasteiger partial charge in [-0.2, -0.15) is 0 Å². The maximum absolute atomic E-state index is 11.2. The lowest BCUT2D eigenvalue weighted by Gasteiger charge is -2.10. The highest BCUT2D eigenvalue weighted by atomic mass is 16.5. The van der Waals surface area contributed by atoms with Gasteiger partial charge in [-0.15, -0.1) is 0 Å². The van der Waals surface area contributed by atoms with Gasteiger partial charge in [0.05, 0.1) is 6.04 Å². The normalized spacial score (nSPS) is 11.6. The summed E-state index contributed by atoms with van der Waals surface area (Å²) in [7, 11) is 0. The minimum absolute atomic E-state index is 0.100. The van der Waals surface area contributed by atoms with E-state index >= 15 is 0 Å². The van der Waals surface area contributed by atoms with Gasteiger partial charge in [0.15, 0.2) is 5.78 Å². The van der Waals surface area contributed by atoms with Gasteiger partial charge in [-0.3, -0.25) is 4.79 Å². The minimum atomic E-state index is -0.577. The zero-order valence-corrected chi connectivity index (χ0v) is 9.40. The molecule has 1 atom stereocenters. The first kappa shape index (κ1) is 12.2. The molecular formula is C12H15NO3. The molecule has 0 saturated heterocycles. The van der Waals surface area contributed by atoms with Crippen LogP contribution in [-0.4, -0.2) is 17.9 Å². The van der Waals surface area contributed by atoms with E-state index in [9.17, 15) is 9.59 Å². The summed E-state index contributed by atoms with van der Waals surface area (Å²) in [6.45, 7) is 3.24. The van der Waals surface area contributed by atoms with Crippen LogP contribution in [0.25, 0.3) is 0 Å². The highest BCUT2D eigenvalue weighted by Gasteiger charge is 2.11. The highest BCUT2D eigenvalue weighted by Crippen LogP contribution is 2.00.